The minimum atomic E-state index is 0.0668. The van der Waals surface area contributed by atoms with Gasteiger partial charge >= 0.3 is 0 Å². The summed E-state index contributed by atoms with van der Waals surface area (Å²) in [6.45, 7) is 2.00. The molecule has 1 N–H and O–H groups in total. The van der Waals surface area contributed by atoms with E-state index in [1.165, 1.54) is 0 Å². The molecule has 2 rings (SSSR count). The summed E-state index contributed by atoms with van der Waals surface area (Å²) >= 11 is 12.2. The Morgan fingerprint density at radius 1 is 1.00 bits per heavy atom. The van der Waals surface area contributed by atoms with Gasteiger partial charge in [0.15, 0.2) is 0 Å². The maximum atomic E-state index is 6.09. The molecule has 0 amide bonds. The second kappa shape index (κ2) is 6.49. The highest BCUT2D eigenvalue weighted by molar-refractivity contribution is 6.32. The number of rotatable bonds is 4. The van der Waals surface area contributed by atoms with E-state index in [0.717, 1.165) is 21.7 Å². The zero-order valence-electron chi connectivity index (χ0n) is 11.7. The summed E-state index contributed by atoms with van der Waals surface area (Å²) in [6, 6.07) is 11.9. The van der Waals surface area contributed by atoms with Crippen LogP contribution in [0.15, 0.2) is 36.4 Å². The van der Waals surface area contributed by atoms with E-state index in [2.05, 4.69) is 11.4 Å². The van der Waals surface area contributed by atoms with Crippen molar-refractivity contribution in [1.82, 2.24) is 5.32 Å². The van der Waals surface area contributed by atoms with E-state index in [0.29, 0.717) is 10.8 Å². The third-order valence-electron chi connectivity index (χ3n) is 3.31. The predicted octanol–water partition coefficient (Wildman–Crippen LogP) is 4.62. The molecule has 106 valence electrons. The van der Waals surface area contributed by atoms with Gasteiger partial charge in [-0.3, -0.25) is 0 Å². The number of hydrogen-bond donors (Lipinski definition) is 1. The number of benzene rings is 2. The second-order valence-corrected chi connectivity index (χ2v) is 5.44. The van der Waals surface area contributed by atoms with Crippen molar-refractivity contribution >= 4 is 23.2 Å². The molecular formula is C16H17Cl2NO. The Morgan fingerprint density at radius 3 is 2.15 bits per heavy atom. The third kappa shape index (κ3) is 3.09. The Kier molecular flexibility index (Phi) is 4.92. The summed E-state index contributed by atoms with van der Waals surface area (Å²) in [5.74, 6) is 0.676. The van der Waals surface area contributed by atoms with Gasteiger partial charge < -0.3 is 10.1 Å². The standard InChI is InChI=1S/C16H17Cl2NO/c1-10-8-11(4-6-13(10)17)16(19-2)12-5-7-14(18)15(9-12)20-3/h4-9,16,19H,1-3H3. The molecule has 0 saturated carbocycles. The number of methoxy groups -OCH3 is 1. The monoisotopic (exact) mass is 309 g/mol. The van der Waals surface area contributed by atoms with Gasteiger partial charge in [-0.05, 0) is 48.9 Å². The topological polar surface area (TPSA) is 21.3 Å². The summed E-state index contributed by atoms with van der Waals surface area (Å²) in [6.07, 6.45) is 0. The zero-order chi connectivity index (χ0) is 14.7. The predicted molar refractivity (Wildman–Crippen MR) is 85.1 cm³/mol. The highest BCUT2D eigenvalue weighted by atomic mass is 35.5. The normalized spacial score (nSPS) is 12.2. The minimum Gasteiger partial charge on any atom is -0.495 e. The third-order valence-corrected chi connectivity index (χ3v) is 4.05. The number of nitrogens with one attached hydrogen (secondary N) is 1. The van der Waals surface area contributed by atoms with Crippen LogP contribution in [0.5, 0.6) is 5.75 Å². The van der Waals surface area contributed by atoms with Crippen molar-refractivity contribution in [3.63, 3.8) is 0 Å². The van der Waals surface area contributed by atoms with Crippen LogP contribution in [0.4, 0.5) is 0 Å². The van der Waals surface area contributed by atoms with Crippen molar-refractivity contribution in [3.05, 3.63) is 63.1 Å². The number of aryl methyl sites for hydroxylation is 1. The van der Waals surface area contributed by atoms with Crippen LogP contribution in [0.2, 0.25) is 10.0 Å². The van der Waals surface area contributed by atoms with Crippen molar-refractivity contribution in [2.75, 3.05) is 14.2 Å². The van der Waals surface area contributed by atoms with Crippen molar-refractivity contribution < 1.29 is 4.74 Å². The fourth-order valence-corrected chi connectivity index (χ4v) is 2.54. The molecule has 2 nitrogen and oxygen atoms in total. The second-order valence-electron chi connectivity index (χ2n) is 4.62. The largest absolute Gasteiger partial charge is 0.495 e. The average Bonchev–Trinajstić information content (AvgIpc) is 2.45. The Labute approximate surface area is 129 Å². The van der Waals surface area contributed by atoms with Crippen molar-refractivity contribution in [2.45, 2.75) is 13.0 Å². The summed E-state index contributed by atoms with van der Waals surface area (Å²) in [4.78, 5) is 0. The first-order chi connectivity index (χ1) is 9.56. The molecule has 0 bridgehead atoms. The van der Waals surface area contributed by atoms with Gasteiger partial charge in [0.2, 0.25) is 0 Å². The van der Waals surface area contributed by atoms with Gasteiger partial charge in [-0.25, -0.2) is 0 Å². The lowest BCUT2D eigenvalue weighted by Gasteiger charge is -2.19. The molecule has 1 unspecified atom stereocenters. The van der Waals surface area contributed by atoms with Crippen LogP contribution in [0.25, 0.3) is 0 Å². The molecule has 1 atom stereocenters. The zero-order valence-corrected chi connectivity index (χ0v) is 13.2. The molecule has 0 spiro atoms. The maximum Gasteiger partial charge on any atom is 0.137 e. The lowest BCUT2D eigenvalue weighted by molar-refractivity contribution is 0.414. The van der Waals surface area contributed by atoms with Gasteiger partial charge in [-0.15, -0.1) is 0 Å². The highest BCUT2D eigenvalue weighted by Crippen LogP contribution is 2.31. The van der Waals surface area contributed by atoms with E-state index >= 15 is 0 Å². The van der Waals surface area contributed by atoms with Crippen molar-refractivity contribution in [2.24, 2.45) is 0 Å². The molecule has 2 aromatic rings. The molecule has 2 aromatic carbocycles. The van der Waals surface area contributed by atoms with E-state index in [1.807, 2.05) is 44.3 Å². The molecule has 0 fully saturated rings. The van der Waals surface area contributed by atoms with Gasteiger partial charge in [-0.1, -0.05) is 41.4 Å². The van der Waals surface area contributed by atoms with Crippen LogP contribution in [0.3, 0.4) is 0 Å². The summed E-state index contributed by atoms with van der Waals surface area (Å²) in [5, 5.41) is 4.70. The van der Waals surface area contributed by atoms with Crippen LogP contribution < -0.4 is 10.1 Å². The minimum absolute atomic E-state index is 0.0668. The number of hydrogen-bond acceptors (Lipinski definition) is 2. The molecule has 0 saturated heterocycles. The number of ether oxygens (including phenoxy) is 1. The lowest BCUT2D eigenvalue weighted by Crippen LogP contribution is -2.17. The van der Waals surface area contributed by atoms with Crippen LogP contribution in [-0.2, 0) is 0 Å². The van der Waals surface area contributed by atoms with E-state index in [9.17, 15) is 0 Å². The molecule has 0 heterocycles. The van der Waals surface area contributed by atoms with E-state index in [1.54, 1.807) is 7.11 Å². The van der Waals surface area contributed by atoms with Crippen LogP contribution >= 0.6 is 23.2 Å². The van der Waals surface area contributed by atoms with Crippen molar-refractivity contribution in [3.8, 4) is 5.75 Å². The Balaban J connectivity index is 2.43. The van der Waals surface area contributed by atoms with Crippen LogP contribution in [0.1, 0.15) is 22.7 Å². The smallest absolute Gasteiger partial charge is 0.137 e. The molecule has 4 heteroatoms. The molecular weight excluding hydrogens is 293 g/mol. The summed E-state index contributed by atoms with van der Waals surface area (Å²) < 4.78 is 5.28. The van der Waals surface area contributed by atoms with E-state index in [4.69, 9.17) is 27.9 Å². The van der Waals surface area contributed by atoms with Crippen molar-refractivity contribution in [1.29, 1.82) is 0 Å². The summed E-state index contributed by atoms with van der Waals surface area (Å²) in [5.41, 5.74) is 3.31. The fraction of sp³-hybridized carbons (Fsp3) is 0.250. The van der Waals surface area contributed by atoms with E-state index < -0.39 is 0 Å². The highest BCUT2D eigenvalue weighted by Gasteiger charge is 2.14. The Bertz CT molecular complexity index is 613. The quantitative estimate of drug-likeness (QED) is 0.890. The SMILES string of the molecule is CNC(c1ccc(Cl)c(C)c1)c1ccc(Cl)c(OC)c1. The van der Waals surface area contributed by atoms with Crippen LogP contribution in [-0.4, -0.2) is 14.2 Å². The first kappa shape index (κ1) is 15.2. The molecule has 0 radical (unpaired) electrons. The van der Waals surface area contributed by atoms with Gasteiger partial charge in [0.05, 0.1) is 18.2 Å². The average molecular weight is 310 g/mol. The molecule has 0 aliphatic carbocycles. The fourth-order valence-electron chi connectivity index (χ4n) is 2.23. The molecule has 20 heavy (non-hydrogen) atoms. The van der Waals surface area contributed by atoms with Gasteiger partial charge in [-0.2, -0.15) is 0 Å². The molecule has 0 aliphatic rings. The van der Waals surface area contributed by atoms with Gasteiger partial charge in [0.25, 0.3) is 0 Å². The Hall–Kier alpha value is -1.22. The molecule has 0 aliphatic heterocycles. The maximum absolute atomic E-state index is 6.09. The van der Waals surface area contributed by atoms with E-state index in [-0.39, 0.29) is 6.04 Å². The van der Waals surface area contributed by atoms with Crippen LogP contribution in [0, 0.1) is 6.92 Å². The Morgan fingerprint density at radius 2 is 1.60 bits per heavy atom. The van der Waals surface area contributed by atoms with Gasteiger partial charge in [0.1, 0.15) is 5.75 Å². The lowest BCUT2D eigenvalue weighted by atomic mass is 9.97. The van der Waals surface area contributed by atoms with Gasteiger partial charge in [0, 0.05) is 5.02 Å². The first-order valence-electron chi connectivity index (χ1n) is 6.33. The first-order valence-corrected chi connectivity index (χ1v) is 7.09. The number of halogens is 2. The molecule has 0 aromatic heterocycles. The summed E-state index contributed by atoms with van der Waals surface area (Å²) in [7, 11) is 3.54.